The summed E-state index contributed by atoms with van der Waals surface area (Å²) in [6.07, 6.45) is 0.678. The summed E-state index contributed by atoms with van der Waals surface area (Å²) >= 11 is 0. The van der Waals surface area contributed by atoms with Crippen molar-refractivity contribution in [1.29, 1.82) is 0 Å². The fraction of sp³-hybridized carbons (Fsp3) is 0.250. The van der Waals surface area contributed by atoms with Crippen molar-refractivity contribution in [2.45, 2.75) is 26.8 Å². The number of aromatic amines is 1. The number of halogens is 1. The van der Waals surface area contributed by atoms with Crippen LogP contribution < -0.4 is 10.4 Å². The number of ether oxygens (including phenoxy) is 1. The Morgan fingerprint density at radius 2 is 2.00 bits per heavy atom. The fourth-order valence-electron chi connectivity index (χ4n) is 4.15. The highest BCUT2D eigenvalue weighted by Crippen LogP contribution is 2.29. The highest BCUT2D eigenvalue weighted by Gasteiger charge is 2.24. The number of fused-ring (bicyclic) bond motifs is 4. The van der Waals surface area contributed by atoms with Crippen molar-refractivity contribution in [3.8, 4) is 5.75 Å². The van der Waals surface area contributed by atoms with Gasteiger partial charge in [-0.15, -0.1) is 0 Å². The molecule has 7 heteroatoms. The van der Waals surface area contributed by atoms with Crippen LogP contribution in [0.15, 0.2) is 45.6 Å². The van der Waals surface area contributed by atoms with E-state index in [1.54, 1.807) is 30.0 Å². The van der Waals surface area contributed by atoms with Crippen molar-refractivity contribution in [3.05, 3.63) is 75.0 Å². The van der Waals surface area contributed by atoms with Gasteiger partial charge in [-0.1, -0.05) is 0 Å². The first-order chi connectivity index (χ1) is 14.9. The SMILES string of the molecule is Cc1c(C)c2ccc(OCC(=O)N3CCc4[nH]c5ccc(F)cc5c4C3)cc2oc1=O. The number of hydrogen-bond donors (Lipinski definition) is 1. The molecule has 0 spiro atoms. The van der Waals surface area contributed by atoms with E-state index < -0.39 is 0 Å². The lowest BCUT2D eigenvalue weighted by Gasteiger charge is -2.27. The van der Waals surface area contributed by atoms with Crippen LogP contribution in [-0.2, 0) is 17.8 Å². The van der Waals surface area contributed by atoms with Crippen LogP contribution in [0.3, 0.4) is 0 Å². The monoisotopic (exact) mass is 420 g/mol. The van der Waals surface area contributed by atoms with Crippen LogP contribution >= 0.6 is 0 Å². The molecular weight excluding hydrogens is 399 g/mol. The number of hydrogen-bond acceptors (Lipinski definition) is 4. The third-order valence-electron chi connectivity index (χ3n) is 6.08. The molecule has 4 aromatic rings. The Labute approximate surface area is 177 Å². The molecule has 0 bridgehead atoms. The second kappa shape index (κ2) is 7.27. The molecule has 31 heavy (non-hydrogen) atoms. The molecule has 0 unspecified atom stereocenters. The number of carbonyl (C=O) groups is 1. The van der Waals surface area contributed by atoms with Crippen molar-refractivity contribution in [1.82, 2.24) is 9.88 Å². The van der Waals surface area contributed by atoms with E-state index in [9.17, 15) is 14.0 Å². The molecule has 0 aliphatic carbocycles. The number of rotatable bonds is 3. The molecule has 1 aliphatic heterocycles. The topological polar surface area (TPSA) is 75.5 Å². The summed E-state index contributed by atoms with van der Waals surface area (Å²) in [5, 5.41) is 1.65. The summed E-state index contributed by atoms with van der Waals surface area (Å²) < 4.78 is 24.7. The number of aryl methyl sites for hydroxylation is 1. The predicted octanol–water partition coefficient (Wildman–Crippen LogP) is 3.99. The molecule has 1 aliphatic rings. The lowest BCUT2D eigenvalue weighted by molar-refractivity contribution is -0.134. The highest BCUT2D eigenvalue weighted by atomic mass is 19.1. The number of aromatic nitrogens is 1. The molecule has 3 heterocycles. The minimum atomic E-state index is -0.377. The van der Waals surface area contributed by atoms with E-state index in [4.69, 9.17) is 9.15 Å². The Morgan fingerprint density at radius 1 is 1.16 bits per heavy atom. The molecule has 6 nitrogen and oxygen atoms in total. The Morgan fingerprint density at radius 3 is 2.84 bits per heavy atom. The first-order valence-corrected chi connectivity index (χ1v) is 10.1. The van der Waals surface area contributed by atoms with E-state index in [0.717, 1.165) is 33.1 Å². The van der Waals surface area contributed by atoms with Crippen LogP contribution in [0, 0.1) is 19.7 Å². The van der Waals surface area contributed by atoms with Gasteiger partial charge in [0, 0.05) is 58.7 Å². The number of H-pyrrole nitrogens is 1. The highest BCUT2D eigenvalue weighted by molar-refractivity contribution is 5.86. The molecule has 0 atom stereocenters. The van der Waals surface area contributed by atoms with Crippen LogP contribution in [0.5, 0.6) is 5.75 Å². The summed E-state index contributed by atoms with van der Waals surface area (Å²) in [7, 11) is 0. The third-order valence-corrected chi connectivity index (χ3v) is 6.08. The van der Waals surface area contributed by atoms with Gasteiger partial charge in [-0.05, 0) is 49.7 Å². The third kappa shape index (κ3) is 3.36. The molecular formula is C24H21FN2O4. The Kier molecular flexibility index (Phi) is 4.54. The number of nitrogens with zero attached hydrogens (tertiary/aromatic N) is 1. The van der Waals surface area contributed by atoms with E-state index in [1.165, 1.54) is 12.1 Å². The molecule has 0 radical (unpaired) electrons. The lowest BCUT2D eigenvalue weighted by atomic mass is 10.0. The van der Waals surface area contributed by atoms with E-state index in [-0.39, 0.29) is 24.0 Å². The maximum absolute atomic E-state index is 13.7. The van der Waals surface area contributed by atoms with E-state index in [2.05, 4.69) is 4.98 Å². The van der Waals surface area contributed by atoms with Gasteiger partial charge in [0.15, 0.2) is 6.61 Å². The summed E-state index contributed by atoms with van der Waals surface area (Å²) in [4.78, 5) is 29.7. The molecule has 1 amide bonds. The molecule has 2 aromatic carbocycles. The Balaban J connectivity index is 1.32. The van der Waals surface area contributed by atoms with Gasteiger partial charge in [0.1, 0.15) is 17.1 Å². The minimum absolute atomic E-state index is 0.132. The maximum Gasteiger partial charge on any atom is 0.339 e. The fourth-order valence-corrected chi connectivity index (χ4v) is 4.15. The number of nitrogens with one attached hydrogen (secondary N) is 1. The lowest BCUT2D eigenvalue weighted by Crippen LogP contribution is -2.38. The van der Waals surface area contributed by atoms with Crippen LogP contribution in [0.2, 0.25) is 0 Å². The van der Waals surface area contributed by atoms with Gasteiger partial charge in [0.25, 0.3) is 5.91 Å². The van der Waals surface area contributed by atoms with Crippen molar-refractivity contribution in [3.63, 3.8) is 0 Å². The Bertz CT molecular complexity index is 1400. The molecule has 1 N–H and O–H groups in total. The average Bonchev–Trinajstić information content (AvgIpc) is 3.12. The predicted molar refractivity (Wildman–Crippen MR) is 115 cm³/mol. The van der Waals surface area contributed by atoms with Gasteiger partial charge in [0.2, 0.25) is 0 Å². The van der Waals surface area contributed by atoms with Crippen molar-refractivity contribution < 1.29 is 18.3 Å². The van der Waals surface area contributed by atoms with Gasteiger partial charge in [-0.2, -0.15) is 0 Å². The zero-order chi connectivity index (χ0) is 21.7. The van der Waals surface area contributed by atoms with Gasteiger partial charge < -0.3 is 19.0 Å². The van der Waals surface area contributed by atoms with E-state index >= 15 is 0 Å². The normalized spacial score (nSPS) is 13.6. The molecule has 0 saturated heterocycles. The molecule has 5 rings (SSSR count). The van der Waals surface area contributed by atoms with Gasteiger partial charge in [-0.25, -0.2) is 9.18 Å². The van der Waals surface area contributed by atoms with Gasteiger partial charge in [-0.3, -0.25) is 4.79 Å². The summed E-state index contributed by atoms with van der Waals surface area (Å²) in [5.41, 5.74) is 4.37. The first-order valence-electron chi connectivity index (χ1n) is 10.1. The second-order valence-corrected chi connectivity index (χ2v) is 7.92. The smallest absolute Gasteiger partial charge is 0.339 e. The molecule has 0 saturated carbocycles. The maximum atomic E-state index is 13.7. The van der Waals surface area contributed by atoms with Crippen molar-refractivity contribution >= 4 is 27.8 Å². The van der Waals surface area contributed by atoms with Gasteiger partial charge >= 0.3 is 5.63 Å². The van der Waals surface area contributed by atoms with Crippen LogP contribution in [0.25, 0.3) is 21.9 Å². The standard InChI is InChI=1S/C24H21FN2O4/c1-13-14(2)24(29)31-22-10-16(4-5-17(13)22)30-12-23(28)27-8-7-21-19(11-27)18-9-15(25)3-6-20(18)26-21/h3-6,9-10,26H,7-8,11-12H2,1-2H3. The molecule has 0 fully saturated rings. The van der Waals surface area contributed by atoms with Crippen LogP contribution in [0.1, 0.15) is 22.4 Å². The molecule has 158 valence electrons. The Hall–Kier alpha value is -3.61. The minimum Gasteiger partial charge on any atom is -0.484 e. The number of carbonyl (C=O) groups excluding carboxylic acids is 1. The zero-order valence-corrected chi connectivity index (χ0v) is 17.3. The zero-order valence-electron chi connectivity index (χ0n) is 17.3. The second-order valence-electron chi connectivity index (χ2n) is 7.92. The number of amides is 1. The largest absolute Gasteiger partial charge is 0.484 e. The van der Waals surface area contributed by atoms with Crippen LogP contribution in [-0.4, -0.2) is 28.9 Å². The summed E-state index contributed by atoms with van der Waals surface area (Å²) in [6, 6.07) is 9.87. The first kappa shape index (κ1) is 19.4. The van der Waals surface area contributed by atoms with Crippen molar-refractivity contribution in [2.24, 2.45) is 0 Å². The van der Waals surface area contributed by atoms with E-state index in [1.807, 2.05) is 13.0 Å². The van der Waals surface area contributed by atoms with Crippen molar-refractivity contribution in [2.75, 3.05) is 13.2 Å². The quantitative estimate of drug-likeness (QED) is 0.509. The summed E-state index contributed by atoms with van der Waals surface area (Å²) in [6.45, 7) is 4.45. The average molecular weight is 420 g/mol. The molecule has 2 aromatic heterocycles. The number of benzene rings is 2. The van der Waals surface area contributed by atoms with Crippen LogP contribution in [0.4, 0.5) is 4.39 Å². The summed E-state index contributed by atoms with van der Waals surface area (Å²) in [5.74, 6) is 0.00613. The van der Waals surface area contributed by atoms with E-state index in [0.29, 0.717) is 36.4 Å². The van der Waals surface area contributed by atoms with Gasteiger partial charge in [0.05, 0.1) is 0 Å².